The third kappa shape index (κ3) is 3.85. The molecule has 0 aromatic rings. The van der Waals surface area contributed by atoms with Gasteiger partial charge in [0.15, 0.2) is 0 Å². The molecule has 19 heavy (non-hydrogen) atoms. The van der Waals surface area contributed by atoms with Crippen LogP contribution in [0, 0.1) is 5.92 Å². The van der Waals surface area contributed by atoms with Gasteiger partial charge in [-0.1, -0.05) is 6.42 Å². The molecule has 2 N–H and O–H groups in total. The number of carbonyl (C=O) groups excluding carboxylic acids is 2. The van der Waals surface area contributed by atoms with Crippen LogP contribution >= 0.6 is 0 Å². The normalized spacial score (nSPS) is 21.1. The number of likely N-dealkylation sites (tertiary alicyclic amines) is 1. The lowest BCUT2D eigenvalue weighted by Gasteiger charge is -2.36. The van der Waals surface area contributed by atoms with Crippen LogP contribution < -0.4 is 10.6 Å². The Morgan fingerprint density at radius 1 is 1.11 bits per heavy atom. The molecule has 0 atom stereocenters. The van der Waals surface area contributed by atoms with E-state index in [4.69, 9.17) is 0 Å². The Kier molecular flexibility index (Phi) is 4.66. The molecule has 1 aliphatic heterocycles. The lowest BCUT2D eigenvalue weighted by Crippen LogP contribution is -2.51. The minimum absolute atomic E-state index is 0.0984. The highest BCUT2D eigenvalue weighted by atomic mass is 16.2. The first-order valence-electron chi connectivity index (χ1n) is 7.42. The quantitative estimate of drug-likeness (QED) is 0.813. The van der Waals surface area contributed by atoms with Gasteiger partial charge in [0.2, 0.25) is 5.91 Å². The van der Waals surface area contributed by atoms with Crippen molar-refractivity contribution in [1.29, 1.82) is 0 Å². The Morgan fingerprint density at radius 2 is 1.74 bits per heavy atom. The van der Waals surface area contributed by atoms with E-state index in [1.54, 1.807) is 0 Å². The van der Waals surface area contributed by atoms with Crippen molar-refractivity contribution in [1.82, 2.24) is 15.5 Å². The number of rotatable bonds is 3. The summed E-state index contributed by atoms with van der Waals surface area (Å²) in [5, 5.41) is 5.81. The third-order valence-corrected chi connectivity index (χ3v) is 4.02. The van der Waals surface area contributed by atoms with Crippen LogP contribution in [0.5, 0.6) is 0 Å². The lowest BCUT2D eigenvalue weighted by molar-refractivity contribution is -0.139. The van der Waals surface area contributed by atoms with E-state index in [0.717, 1.165) is 38.8 Å². The van der Waals surface area contributed by atoms with Gasteiger partial charge < -0.3 is 15.5 Å². The van der Waals surface area contributed by atoms with Crippen LogP contribution in [-0.2, 0) is 4.79 Å². The zero-order valence-corrected chi connectivity index (χ0v) is 11.9. The largest absolute Gasteiger partial charge is 0.342 e. The smallest absolute Gasteiger partial charge is 0.315 e. The van der Waals surface area contributed by atoms with Crippen molar-refractivity contribution in [3.05, 3.63) is 0 Å². The van der Waals surface area contributed by atoms with E-state index in [0.29, 0.717) is 5.91 Å². The summed E-state index contributed by atoms with van der Waals surface area (Å²) >= 11 is 0. The molecule has 0 unspecified atom stereocenters. The molecule has 1 saturated heterocycles. The van der Waals surface area contributed by atoms with Gasteiger partial charge in [-0.15, -0.1) is 0 Å². The molecule has 108 valence electrons. The average molecular weight is 267 g/mol. The summed E-state index contributed by atoms with van der Waals surface area (Å²) in [5.41, 5.74) is 0. The lowest BCUT2D eigenvalue weighted by atomic mass is 9.84. The van der Waals surface area contributed by atoms with Crippen molar-refractivity contribution in [2.24, 2.45) is 5.92 Å². The van der Waals surface area contributed by atoms with E-state index >= 15 is 0 Å². The Bertz CT molecular complexity index is 332. The minimum atomic E-state index is -0.0984. The highest BCUT2D eigenvalue weighted by Crippen LogP contribution is 2.29. The first-order valence-corrected chi connectivity index (χ1v) is 7.42. The maximum absolute atomic E-state index is 12.1. The van der Waals surface area contributed by atoms with Crippen molar-refractivity contribution in [2.45, 2.75) is 58.0 Å². The summed E-state index contributed by atoms with van der Waals surface area (Å²) in [5.74, 6) is 0.616. The van der Waals surface area contributed by atoms with Crippen LogP contribution in [0.25, 0.3) is 0 Å². The van der Waals surface area contributed by atoms with Gasteiger partial charge in [-0.25, -0.2) is 4.79 Å². The van der Waals surface area contributed by atoms with Crippen molar-refractivity contribution in [2.75, 3.05) is 13.1 Å². The number of nitrogens with one attached hydrogen (secondary N) is 2. The number of carbonyl (C=O) groups is 2. The summed E-state index contributed by atoms with van der Waals surface area (Å²) in [6.45, 7) is 5.45. The van der Waals surface area contributed by atoms with E-state index < -0.39 is 0 Å². The molecule has 2 aliphatic rings. The molecule has 1 heterocycles. The van der Waals surface area contributed by atoms with Crippen LogP contribution in [0.3, 0.4) is 0 Å². The third-order valence-electron chi connectivity index (χ3n) is 4.02. The van der Waals surface area contributed by atoms with Crippen molar-refractivity contribution in [3.63, 3.8) is 0 Å². The maximum Gasteiger partial charge on any atom is 0.315 e. The standard InChI is InChI=1S/C14H25N3O2/c1-10(2)15-14(19)16-12-6-8-17(9-7-12)13(18)11-4-3-5-11/h10-12H,3-9H2,1-2H3,(H2,15,16,19). The van der Waals surface area contributed by atoms with Crippen molar-refractivity contribution >= 4 is 11.9 Å². The fourth-order valence-corrected chi connectivity index (χ4v) is 2.65. The number of amides is 3. The van der Waals surface area contributed by atoms with Gasteiger partial charge in [0.25, 0.3) is 0 Å². The molecule has 0 spiro atoms. The van der Waals surface area contributed by atoms with Crippen LogP contribution in [0.2, 0.25) is 0 Å². The SMILES string of the molecule is CC(C)NC(=O)NC1CCN(C(=O)C2CCC2)CC1. The Balaban J connectivity index is 1.70. The van der Waals surface area contributed by atoms with Gasteiger partial charge >= 0.3 is 6.03 Å². The molecule has 0 aromatic carbocycles. The zero-order chi connectivity index (χ0) is 13.8. The molecule has 1 aliphatic carbocycles. The van der Waals surface area contributed by atoms with Crippen LogP contribution in [-0.4, -0.2) is 42.0 Å². The molecule has 0 aromatic heterocycles. The summed E-state index contributed by atoms with van der Waals surface area (Å²) in [7, 11) is 0. The van der Waals surface area contributed by atoms with Crippen LogP contribution in [0.1, 0.15) is 46.0 Å². The van der Waals surface area contributed by atoms with Gasteiger partial charge in [-0.2, -0.15) is 0 Å². The van der Waals surface area contributed by atoms with E-state index in [9.17, 15) is 9.59 Å². The second kappa shape index (κ2) is 6.26. The Hall–Kier alpha value is -1.26. The topological polar surface area (TPSA) is 61.4 Å². The summed E-state index contributed by atoms with van der Waals surface area (Å²) in [6, 6.07) is 0.253. The molecule has 0 bridgehead atoms. The van der Waals surface area contributed by atoms with Gasteiger partial charge in [0, 0.05) is 31.1 Å². The summed E-state index contributed by atoms with van der Waals surface area (Å²) in [6.07, 6.45) is 5.05. The minimum Gasteiger partial charge on any atom is -0.342 e. The highest BCUT2D eigenvalue weighted by Gasteiger charge is 2.31. The molecule has 2 rings (SSSR count). The number of hydrogen-bond donors (Lipinski definition) is 2. The number of urea groups is 1. The molecule has 2 fully saturated rings. The number of hydrogen-bond acceptors (Lipinski definition) is 2. The average Bonchev–Trinajstić information content (AvgIpc) is 2.26. The van der Waals surface area contributed by atoms with Gasteiger partial charge in [0.05, 0.1) is 0 Å². The maximum atomic E-state index is 12.1. The molecule has 3 amide bonds. The number of piperidine rings is 1. The first-order chi connectivity index (χ1) is 9.06. The predicted octanol–water partition coefficient (Wildman–Crippen LogP) is 1.49. The Labute approximate surface area is 115 Å². The van der Waals surface area contributed by atoms with E-state index in [1.165, 1.54) is 6.42 Å². The molecular weight excluding hydrogens is 242 g/mol. The fraction of sp³-hybridized carbons (Fsp3) is 0.857. The summed E-state index contributed by atoms with van der Waals surface area (Å²) in [4.78, 5) is 25.7. The van der Waals surface area contributed by atoms with Gasteiger partial charge in [-0.3, -0.25) is 4.79 Å². The van der Waals surface area contributed by atoms with Crippen molar-refractivity contribution < 1.29 is 9.59 Å². The van der Waals surface area contributed by atoms with Crippen molar-refractivity contribution in [3.8, 4) is 0 Å². The van der Waals surface area contributed by atoms with Crippen LogP contribution in [0.15, 0.2) is 0 Å². The van der Waals surface area contributed by atoms with E-state index in [-0.39, 0.29) is 24.0 Å². The predicted molar refractivity (Wildman–Crippen MR) is 73.7 cm³/mol. The Morgan fingerprint density at radius 3 is 2.21 bits per heavy atom. The monoisotopic (exact) mass is 267 g/mol. The van der Waals surface area contributed by atoms with Crippen LogP contribution in [0.4, 0.5) is 4.79 Å². The second-order valence-electron chi connectivity index (χ2n) is 6.00. The zero-order valence-electron chi connectivity index (χ0n) is 11.9. The highest BCUT2D eigenvalue weighted by molar-refractivity contribution is 5.79. The molecule has 0 radical (unpaired) electrons. The van der Waals surface area contributed by atoms with Gasteiger partial charge in [0.1, 0.15) is 0 Å². The van der Waals surface area contributed by atoms with E-state index in [2.05, 4.69) is 10.6 Å². The molecule has 5 nitrogen and oxygen atoms in total. The first kappa shape index (κ1) is 14.2. The molecule has 1 saturated carbocycles. The van der Waals surface area contributed by atoms with Gasteiger partial charge in [-0.05, 0) is 39.5 Å². The summed E-state index contributed by atoms with van der Waals surface area (Å²) < 4.78 is 0. The van der Waals surface area contributed by atoms with E-state index in [1.807, 2.05) is 18.7 Å². The second-order valence-corrected chi connectivity index (χ2v) is 6.00. The molecule has 5 heteroatoms. The molecular formula is C14H25N3O2. The fourth-order valence-electron chi connectivity index (χ4n) is 2.65. The number of nitrogens with zero attached hydrogens (tertiary/aromatic N) is 1.